The summed E-state index contributed by atoms with van der Waals surface area (Å²) >= 11 is 0. The fourth-order valence-electron chi connectivity index (χ4n) is 2.15. The quantitative estimate of drug-likeness (QED) is 0.640. The first-order valence-electron chi connectivity index (χ1n) is 7.39. The lowest BCUT2D eigenvalue weighted by atomic mass is 9.98. The highest BCUT2D eigenvalue weighted by Gasteiger charge is 2.17. The Morgan fingerprint density at radius 2 is 1.95 bits per heavy atom. The van der Waals surface area contributed by atoms with Crippen molar-refractivity contribution >= 4 is 11.6 Å². The maximum absolute atomic E-state index is 12.0. The minimum atomic E-state index is -0.691. The van der Waals surface area contributed by atoms with Crippen molar-refractivity contribution in [3.8, 4) is 0 Å². The van der Waals surface area contributed by atoms with Crippen LogP contribution < -0.4 is 11.1 Å². The molecule has 4 N–H and O–H groups in total. The molecule has 0 bridgehead atoms. The first kappa shape index (κ1) is 16.5. The molecule has 0 spiro atoms. The van der Waals surface area contributed by atoms with Crippen molar-refractivity contribution in [3.05, 3.63) is 29.8 Å². The molecule has 0 radical (unpaired) electrons. The van der Waals surface area contributed by atoms with E-state index in [1.54, 1.807) is 24.3 Å². The molecule has 0 aliphatic heterocycles. The zero-order valence-corrected chi connectivity index (χ0v) is 12.4. The molecular formula is C16H26N2O2. The highest BCUT2D eigenvalue weighted by Crippen LogP contribution is 2.15. The van der Waals surface area contributed by atoms with E-state index in [1.165, 1.54) is 0 Å². The lowest BCUT2D eigenvalue weighted by molar-refractivity contribution is -0.125. The van der Waals surface area contributed by atoms with Gasteiger partial charge in [0.2, 0.25) is 5.91 Å². The third kappa shape index (κ3) is 5.21. The second-order valence-corrected chi connectivity index (χ2v) is 5.18. The summed E-state index contributed by atoms with van der Waals surface area (Å²) in [6.07, 6.45) is 3.22. The van der Waals surface area contributed by atoms with Gasteiger partial charge >= 0.3 is 0 Å². The average molecular weight is 278 g/mol. The molecule has 112 valence electrons. The Morgan fingerprint density at radius 3 is 2.50 bits per heavy atom. The van der Waals surface area contributed by atoms with E-state index in [0.717, 1.165) is 31.2 Å². The zero-order chi connectivity index (χ0) is 15.0. The Hall–Kier alpha value is -1.55. The van der Waals surface area contributed by atoms with Crippen molar-refractivity contribution in [3.63, 3.8) is 0 Å². The standard InChI is InChI=1S/C16H26N2O2/c1-3-5-6-12(4-2)16(20)18-11-15(19)13-7-9-14(17)10-8-13/h7-10,12,15,19H,3-6,11,17H2,1-2H3,(H,18,20). The normalized spacial score (nSPS) is 13.8. The van der Waals surface area contributed by atoms with Gasteiger partial charge in [-0.1, -0.05) is 38.8 Å². The molecule has 1 aromatic rings. The number of nitrogens with one attached hydrogen (secondary N) is 1. The summed E-state index contributed by atoms with van der Waals surface area (Å²) in [6, 6.07) is 7.05. The highest BCUT2D eigenvalue weighted by molar-refractivity contribution is 5.78. The van der Waals surface area contributed by atoms with Gasteiger partial charge in [0.1, 0.15) is 0 Å². The SMILES string of the molecule is CCCCC(CC)C(=O)NCC(O)c1ccc(N)cc1. The topological polar surface area (TPSA) is 75.3 Å². The number of unbranched alkanes of at least 4 members (excludes halogenated alkanes) is 1. The second kappa shape index (κ2) is 8.59. The summed E-state index contributed by atoms with van der Waals surface area (Å²) in [4.78, 5) is 12.0. The first-order valence-corrected chi connectivity index (χ1v) is 7.39. The number of hydrogen-bond donors (Lipinski definition) is 3. The second-order valence-electron chi connectivity index (χ2n) is 5.18. The molecule has 0 saturated carbocycles. The number of carbonyl (C=O) groups excluding carboxylic acids is 1. The molecule has 4 heteroatoms. The summed E-state index contributed by atoms with van der Waals surface area (Å²) in [5, 5.41) is 12.9. The molecule has 1 amide bonds. The van der Waals surface area contributed by atoms with Crippen LogP contribution in [0, 0.1) is 5.92 Å². The average Bonchev–Trinajstić information content (AvgIpc) is 2.46. The summed E-state index contributed by atoms with van der Waals surface area (Å²) in [7, 11) is 0. The number of aliphatic hydroxyl groups is 1. The Morgan fingerprint density at radius 1 is 1.30 bits per heavy atom. The van der Waals surface area contributed by atoms with Gasteiger partial charge in [-0.2, -0.15) is 0 Å². The minimum Gasteiger partial charge on any atom is -0.399 e. The number of nitrogens with two attached hydrogens (primary N) is 1. The van der Waals surface area contributed by atoms with Gasteiger partial charge in [-0.3, -0.25) is 4.79 Å². The van der Waals surface area contributed by atoms with E-state index in [0.29, 0.717) is 5.69 Å². The van der Waals surface area contributed by atoms with E-state index >= 15 is 0 Å². The zero-order valence-electron chi connectivity index (χ0n) is 12.4. The van der Waals surface area contributed by atoms with Gasteiger partial charge in [0.15, 0.2) is 0 Å². The van der Waals surface area contributed by atoms with Crippen molar-refractivity contribution < 1.29 is 9.90 Å². The van der Waals surface area contributed by atoms with E-state index in [-0.39, 0.29) is 18.4 Å². The molecule has 2 atom stereocenters. The first-order chi connectivity index (χ1) is 9.58. The molecular weight excluding hydrogens is 252 g/mol. The van der Waals surface area contributed by atoms with Crippen molar-refractivity contribution in [1.29, 1.82) is 0 Å². The van der Waals surface area contributed by atoms with Gasteiger partial charge in [-0.25, -0.2) is 0 Å². The maximum Gasteiger partial charge on any atom is 0.223 e. The number of rotatable bonds is 8. The number of carbonyl (C=O) groups is 1. The van der Waals surface area contributed by atoms with Crippen molar-refractivity contribution in [2.75, 3.05) is 12.3 Å². The Balaban J connectivity index is 2.44. The number of benzene rings is 1. The van der Waals surface area contributed by atoms with Gasteiger partial charge in [-0.05, 0) is 30.5 Å². The Labute approximate surface area is 121 Å². The fraction of sp³-hybridized carbons (Fsp3) is 0.562. The van der Waals surface area contributed by atoms with E-state index in [4.69, 9.17) is 5.73 Å². The Kier molecular flexibility index (Phi) is 7.09. The Bertz CT molecular complexity index is 403. The number of amides is 1. The van der Waals surface area contributed by atoms with Crippen molar-refractivity contribution in [1.82, 2.24) is 5.32 Å². The smallest absolute Gasteiger partial charge is 0.223 e. The van der Waals surface area contributed by atoms with Crippen LogP contribution in [-0.4, -0.2) is 17.6 Å². The van der Waals surface area contributed by atoms with Crippen LogP contribution in [0.2, 0.25) is 0 Å². The van der Waals surface area contributed by atoms with Crippen LogP contribution in [0.4, 0.5) is 5.69 Å². The van der Waals surface area contributed by atoms with Crippen LogP contribution in [0.1, 0.15) is 51.2 Å². The lowest BCUT2D eigenvalue weighted by Gasteiger charge is -2.17. The van der Waals surface area contributed by atoms with Gasteiger partial charge < -0.3 is 16.2 Å². The molecule has 0 heterocycles. The molecule has 2 unspecified atom stereocenters. The van der Waals surface area contributed by atoms with Crippen LogP contribution in [0.25, 0.3) is 0 Å². The molecule has 1 aromatic carbocycles. The summed E-state index contributed by atoms with van der Waals surface area (Å²) < 4.78 is 0. The van der Waals surface area contributed by atoms with Crippen LogP contribution in [-0.2, 0) is 4.79 Å². The molecule has 20 heavy (non-hydrogen) atoms. The number of aliphatic hydroxyl groups excluding tert-OH is 1. The predicted octanol–water partition coefficient (Wildman–Crippen LogP) is 2.63. The molecule has 0 fully saturated rings. The molecule has 1 rings (SSSR count). The summed E-state index contributed by atoms with van der Waals surface area (Å²) in [5.74, 6) is 0.0870. The van der Waals surface area contributed by atoms with E-state index < -0.39 is 6.10 Å². The van der Waals surface area contributed by atoms with Gasteiger partial charge in [0.05, 0.1) is 6.10 Å². The largest absolute Gasteiger partial charge is 0.399 e. The maximum atomic E-state index is 12.0. The number of nitrogen functional groups attached to an aromatic ring is 1. The third-order valence-corrected chi connectivity index (χ3v) is 3.56. The van der Waals surface area contributed by atoms with Crippen LogP contribution in [0.5, 0.6) is 0 Å². The molecule has 0 aromatic heterocycles. The molecule has 0 aliphatic rings. The molecule has 0 saturated heterocycles. The van der Waals surface area contributed by atoms with Gasteiger partial charge in [0, 0.05) is 18.2 Å². The van der Waals surface area contributed by atoms with E-state index in [9.17, 15) is 9.90 Å². The van der Waals surface area contributed by atoms with Gasteiger partial charge in [0.25, 0.3) is 0 Å². The predicted molar refractivity (Wildman–Crippen MR) is 82.1 cm³/mol. The van der Waals surface area contributed by atoms with Crippen molar-refractivity contribution in [2.24, 2.45) is 5.92 Å². The van der Waals surface area contributed by atoms with E-state index in [1.807, 2.05) is 6.92 Å². The van der Waals surface area contributed by atoms with Crippen LogP contribution >= 0.6 is 0 Å². The van der Waals surface area contributed by atoms with E-state index in [2.05, 4.69) is 12.2 Å². The third-order valence-electron chi connectivity index (χ3n) is 3.56. The van der Waals surface area contributed by atoms with Crippen LogP contribution in [0.15, 0.2) is 24.3 Å². The molecule has 0 aliphatic carbocycles. The lowest BCUT2D eigenvalue weighted by Crippen LogP contribution is -2.33. The molecule has 4 nitrogen and oxygen atoms in total. The van der Waals surface area contributed by atoms with Crippen molar-refractivity contribution in [2.45, 2.75) is 45.6 Å². The highest BCUT2D eigenvalue weighted by atomic mass is 16.3. The summed E-state index contributed by atoms with van der Waals surface area (Å²) in [6.45, 7) is 4.39. The monoisotopic (exact) mass is 278 g/mol. The van der Waals surface area contributed by atoms with Crippen LogP contribution in [0.3, 0.4) is 0 Å². The number of anilines is 1. The fourth-order valence-corrected chi connectivity index (χ4v) is 2.15. The van der Waals surface area contributed by atoms with Gasteiger partial charge in [-0.15, -0.1) is 0 Å². The minimum absolute atomic E-state index is 0.0374. The summed E-state index contributed by atoms with van der Waals surface area (Å²) in [5.41, 5.74) is 7.03. The number of hydrogen-bond acceptors (Lipinski definition) is 3.